The van der Waals surface area contributed by atoms with Gasteiger partial charge in [-0.2, -0.15) is 0 Å². The summed E-state index contributed by atoms with van der Waals surface area (Å²) in [5, 5.41) is 6.01. The van der Waals surface area contributed by atoms with Crippen LogP contribution in [0.15, 0.2) is 24.4 Å². The number of hydrogen-bond donors (Lipinski definition) is 3. The molecule has 0 aromatic carbocycles. The molecule has 2 heterocycles. The molecule has 0 saturated heterocycles. The van der Waals surface area contributed by atoms with Gasteiger partial charge in [-0.25, -0.2) is 0 Å². The van der Waals surface area contributed by atoms with Gasteiger partial charge in [0.05, 0.1) is 10.7 Å². The van der Waals surface area contributed by atoms with Crippen molar-refractivity contribution in [2.45, 2.75) is 38.3 Å². The molecule has 8 heteroatoms. The molecule has 1 fully saturated rings. The Hall–Kier alpha value is -2.54. The van der Waals surface area contributed by atoms with E-state index in [1.54, 1.807) is 18.2 Å². The maximum absolute atomic E-state index is 12.4. The second-order valence-corrected chi connectivity index (χ2v) is 6.70. The summed E-state index contributed by atoms with van der Waals surface area (Å²) >= 11 is 5.85. The molecule has 2 amide bonds. The average Bonchev–Trinajstić information content (AvgIpc) is 3.01. The maximum Gasteiger partial charge on any atom is 0.271 e. The largest absolute Gasteiger partial charge is 0.482 e. The Kier molecular flexibility index (Phi) is 5.46. The Morgan fingerprint density at radius 1 is 1.35 bits per heavy atom. The van der Waals surface area contributed by atoms with Gasteiger partial charge in [-0.3, -0.25) is 14.6 Å². The van der Waals surface area contributed by atoms with Crippen molar-refractivity contribution in [2.75, 3.05) is 7.05 Å². The Bertz CT molecular complexity index is 799. The summed E-state index contributed by atoms with van der Waals surface area (Å²) in [6.07, 6.45) is 4.20. The summed E-state index contributed by atoms with van der Waals surface area (Å²) in [4.78, 5) is 31.6. The fourth-order valence-corrected chi connectivity index (χ4v) is 2.75. The minimum atomic E-state index is -0.422. The molecule has 1 aliphatic rings. The normalized spacial score (nSPS) is 15.0. The Labute approximate surface area is 156 Å². The van der Waals surface area contributed by atoms with Gasteiger partial charge < -0.3 is 20.4 Å². The van der Waals surface area contributed by atoms with E-state index >= 15 is 0 Å². The third kappa shape index (κ3) is 3.99. The van der Waals surface area contributed by atoms with E-state index in [2.05, 4.69) is 20.6 Å². The molecule has 3 rings (SSSR count). The van der Waals surface area contributed by atoms with Crippen LogP contribution < -0.4 is 15.4 Å². The van der Waals surface area contributed by atoms with Crippen molar-refractivity contribution in [1.82, 2.24) is 20.6 Å². The molecule has 0 bridgehead atoms. The van der Waals surface area contributed by atoms with Gasteiger partial charge in [0.15, 0.2) is 5.75 Å². The van der Waals surface area contributed by atoms with Crippen LogP contribution in [-0.2, 0) is 0 Å². The van der Waals surface area contributed by atoms with E-state index in [1.165, 1.54) is 13.2 Å². The quantitative estimate of drug-likeness (QED) is 0.722. The molecular weight excluding hydrogens is 356 g/mol. The number of carbonyl (C=O) groups excluding carboxylic acids is 2. The summed E-state index contributed by atoms with van der Waals surface area (Å²) < 4.78 is 5.89. The van der Waals surface area contributed by atoms with Gasteiger partial charge in [-0.05, 0) is 38.3 Å². The van der Waals surface area contributed by atoms with Crippen LogP contribution >= 0.6 is 11.6 Å². The van der Waals surface area contributed by atoms with E-state index < -0.39 is 6.10 Å². The van der Waals surface area contributed by atoms with Crippen LogP contribution in [0.2, 0.25) is 5.02 Å². The van der Waals surface area contributed by atoms with E-state index in [0.717, 1.165) is 19.3 Å². The molecule has 3 N–H and O–H groups in total. The molecule has 1 saturated carbocycles. The predicted molar refractivity (Wildman–Crippen MR) is 97.6 cm³/mol. The first-order valence-corrected chi connectivity index (χ1v) is 8.89. The number of aromatic amines is 1. The number of halogens is 1. The molecule has 2 aromatic heterocycles. The van der Waals surface area contributed by atoms with Crippen LogP contribution in [0.25, 0.3) is 0 Å². The molecule has 0 spiro atoms. The molecule has 26 heavy (non-hydrogen) atoms. The zero-order valence-electron chi connectivity index (χ0n) is 14.6. The summed E-state index contributed by atoms with van der Waals surface area (Å²) in [5.74, 6) is -0.307. The highest BCUT2D eigenvalue weighted by Gasteiger charge is 2.25. The second-order valence-electron chi connectivity index (χ2n) is 6.26. The van der Waals surface area contributed by atoms with Crippen LogP contribution in [0.5, 0.6) is 5.75 Å². The van der Waals surface area contributed by atoms with Crippen molar-refractivity contribution in [3.63, 3.8) is 0 Å². The number of nitrogens with one attached hydrogen (secondary N) is 3. The van der Waals surface area contributed by atoms with Gasteiger partial charge >= 0.3 is 0 Å². The third-order valence-corrected chi connectivity index (χ3v) is 4.61. The van der Waals surface area contributed by atoms with Crippen molar-refractivity contribution in [3.05, 3.63) is 46.5 Å². The van der Waals surface area contributed by atoms with Gasteiger partial charge in [0.2, 0.25) is 0 Å². The number of amides is 2. The fourth-order valence-electron chi connectivity index (χ4n) is 2.64. The first kappa shape index (κ1) is 18.3. The lowest BCUT2D eigenvalue weighted by Crippen LogP contribution is -2.39. The van der Waals surface area contributed by atoms with Crippen molar-refractivity contribution in [2.24, 2.45) is 0 Å². The topological polar surface area (TPSA) is 96.1 Å². The Balaban J connectivity index is 1.80. The second kappa shape index (κ2) is 7.78. The highest BCUT2D eigenvalue weighted by atomic mass is 35.5. The fraction of sp³-hybridized carbons (Fsp3) is 0.389. The van der Waals surface area contributed by atoms with E-state index in [9.17, 15) is 9.59 Å². The highest BCUT2D eigenvalue weighted by Crippen LogP contribution is 2.27. The predicted octanol–water partition coefficient (Wildman–Crippen LogP) is 2.85. The summed E-state index contributed by atoms with van der Waals surface area (Å²) in [6, 6.07) is 5.22. The van der Waals surface area contributed by atoms with Crippen LogP contribution in [-0.4, -0.2) is 34.9 Å². The molecule has 2 aromatic rings. The maximum atomic E-state index is 12.4. The van der Waals surface area contributed by atoms with E-state index in [0.29, 0.717) is 22.2 Å². The first-order chi connectivity index (χ1) is 12.5. The van der Waals surface area contributed by atoms with Gasteiger partial charge in [0.1, 0.15) is 17.5 Å². The zero-order valence-corrected chi connectivity index (χ0v) is 15.4. The van der Waals surface area contributed by atoms with Gasteiger partial charge in [0, 0.05) is 25.4 Å². The zero-order chi connectivity index (χ0) is 18.7. The number of aromatic nitrogens is 2. The Morgan fingerprint density at radius 3 is 2.69 bits per heavy atom. The summed E-state index contributed by atoms with van der Waals surface area (Å²) in [5.41, 5.74) is 1.16. The Morgan fingerprint density at radius 2 is 2.12 bits per heavy atom. The lowest BCUT2D eigenvalue weighted by Gasteiger charge is -2.25. The SMILES string of the molecule is CNC(=O)c1[nH]c(C(=O)NC2CCC2)cc1O[C@@H](C)c1ccc(Cl)cn1. The van der Waals surface area contributed by atoms with Crippen molar-refractivity contribution in [1.29, 1.82) is 0 Å². The van der Waals surface area contributed by atoms with E-state index in [4.69, 9.17) is 16.3 Å². The minimum Gasteiger partial charge on any atom is -0.482 e. The molecule has 1 atom stereocenters. The molecule has 0 aliphatic heterocycles. The number of H-pyrrole nitrogens is 1. The van der Waals surface area contributed by atoms with Gasteiger partial charge in [-0.1, -0.05) is 11.6 Å². The van der Waals surface area contributed by atoms with Crippen molar-refractivity contribution in [3.8, 4) is 5.75 Å². The van der Waals surface area contributed by atoms with E-state index in [-0.39, 0.29) is 23.6 Å². The summed E-state index contributed by atoms with van der Waals surface area (Å²) in [7, 11) is 1.52. The highest BCUT2D eigenvalue weighted by molar-refractivity contribution is 6.30. The van der Waals surface area contributed by atoms with Crippen LogP contribution in [0.4, 0.5) is 0 Å². The smallest absolute Gasteiger partial charge is 0.271 e. The molecule has 1 aliphatic carbocycles. The van der Waals surface area contributed by atoms with Crippen LogP contribution in [0.1, 0.15) is 59.0 Å². The number of pyridine rings is 1. The van der Waals surface area contributed by atoms with Crippen LogP contribution in [0.3, 0.4) is 0 Å². The van der Waals surface area contributed by atoms with Crippen molar-refractivity contribution < 1.29 is 14.3 Å². The minimum absolute atomic E-state index is 0.201. The number of ether oxygens (including phenoxy) is 1. The monoisotopic (exact) mass is 376 g/mol. The summed E-state index contributed by atoms with van der Waals surface area (Å²) in [6.45, 7) is 1.81. The van der Waals surface area contributed by atoms with Gasteiger partial charge in [0.25, 0.3) is 11.8 Å². The standard InChI is InChI=1S/C18H21ClN4O3/c1-10(13-7-6-11(19)9-21-13)26-15-8-14(23-16(15)18(25)20-2)17(24)22-12-4-3-5-12/h6-10,12,23H,3-5H2,1-2H3,(H,20,25)(H,22,24)/t10-/m0/s1. The first-order valence-electron chi connectivity index (χ1n) is 8.52. The average molecular weight is 377 g/mol. The molecule has 0 unspecified atom stereocenters. The van der Waals surface area contributed by atoms with Gasteiger partial charge in [-0.15, -0.1) is 0 Å². The molecular formula is C18H21ClN4O3. The van der Waals surface area contributed by atoms with Crippen molar-refractivity contribution >= 4 is 23.4 Å². The molecule has 0 radical (unpaired) electrons. The number of nitrogens with zero attached hydrogens (tertiary/aromatic N) is 1. The van der Waals surface area contributed by atoms with E-state index in [1.807, 2.05) is 6.92 Å². The lowest BCUT2D eigenvalue weighted by atomic mass is 9.93. The molecule has 138 valence electrons. The molecule has 7 nitrogen and oxygen atoms in total. The number of hydrogen-bond acceptors (Lipinski definition) is 4. The third-order valence-electron chi connectivity index (χ3n) is 4.39. The number of rotatable bonds is 6. The lowest BCUT2D eigenvalue weighted by molar-refractivity contribution is 0.0912. The number of carbonyl (C=O) groups is 2. The van der Waals surface area contributed by atoms with Crippen LogP contribution in [0, 0.1) is 0 Å².